The van der Waals surface area contributed by atoms with Crippen molar-refractivity contribution in [1.29, 1.82) is 0 Å². The second-order valence-electron chi connectivity index (χ2n) is 4.94. The number of rotatable bonds is 7. The van der Waals surface area contributed by atoms with Gasteiger partial charge in [0.1, 0.15) is 17.2 Å². The molecule has 6 heteroatoms. The second-order valence-corrected chi connectivity index (χ2v) is 5.96. The lowest BCUT2D eigenvalue weighted by molar-refractivity contribution is -0.144. The molecule has 110 valence electrons. The normalized spacial score (nSPS) is 17.8. The van der Waals surface area contributed by atoms with Crippen LogP contribution in [0.15, 0.2) is 23.1 Å². The van der Waals surface area contributed by atoms with E-state index in [0.29, 0.717) is 6.54 Å². The molecule has 0 amide bonds. The first-order valence-corrected chi connectivity index (χ1v) is 7.54. The Morgan fingerprint density at radius 3 is 2.70 bits per heavy atom. The summed E-state index contributed by atoms with van der Waals surface area (Å²) in [7, 11) is 0. The number of nitrogens with one attached hydrogen (secondary N) is 1. The van der Waals surface area contributed by atoms with Gasteiger partial charge in [-0.05, 0) is 37.4 Å². The predicted molar refractivity (Wildman–Crippen MR) is 73.8 cm³/mol. The minimum Gasteiger partial charge on any atom is -0.480 e. The van der Waals surface area contributed by atoms with Crippen LogP contribution in [0, 0.1) is 17.6 Å². The average molecular weight is 301 g/mol. The van der Waals surface area contributed by atoms with Crippen LogP contribution < -0.4 is 5.32 Å². The van der Waals surface area contributed by atoms with Gasteiger partial charge in [-0.3, -0.25) is 4.79 Å². The van der Waals surface area contributed by atoms with Crippen molar-refractivity contribution in [3.63, 3.8) is 0 Å². The van der Waals surface area contributed by atoms with Crippen molar-refractivity contribution in [2.75, 3.05) is 12.3 Å². The van der Waals surface area contributed by atoms with Gasteiger partial charge in [0.2, 0.25) is 0 Å². The van der Waals surface area contributed by atoms with Crippen LogP contribution in [0.2, 0.25) is 0 Å². The van der Waals surface area contributed by atoms with Crippen molar-refractivity contribution < 1.29 is 18.7 Å². The Bertz CT molecular complexity index is 508. The number of aliphatic carboxylic acids is 1. The Kier molecular flexibility index (Phi) is 4.65. The van der Waals surface area contributed by atoms with Gasteiger partial charge in [-0.15, -0.1) is 11.8 Å². The third-order valence-corrected chi connectivity index (χ3v) is 4.74. The van der Waals surface area contributed by atoms with Gasteiger partial charge in [0.15, 0.2) is 0 Å². The number of thioether (sulfide) groups is 1. The van der Waals surface area contributed by atoms with Crippen LogP contribution in [0.5, 0.6) is 0 Å². The summed E-state index contributed by atoms with van der Waals surface area (Å²) < 4.78 is 26.5. The van der Waals surface area contributed by atoms with Gasteiger partial charge < -0.3 is 10.4 Å². The molecule has 0 radical (unpaired) electrons. The van der Waals surface area contributed by atoms with Crippen LogP contribution in [0.3, 0.4) is 0 Å². The fraction of sp³-hybridized carbons (Fsp3) is 0.500. The zero-order valence-corrected chi connectivity index (χ0v) is 12.0. The summed E-state index contributed by atoms with van der Waals surface area (Å²) in [5.41, 5.74) is -1.03. The van der Waals surface area contributed by atoms with E-state index in [4.69, 9.17) is 0 Å². The summed E-state index contributed by atoms with van der Waals surface area (Å²) in [6.45, 7) is 2.39. The van der Waals surface area contributed by atoms with E-state index in [1.165, 1.54) is 12.1 Å². The SMILES string of the molecule is CCNC(CSc1ccc(F)cc1F)(C(=O)O)C1CC1. The minimum atomic E-state index is -1.03. The van der Waals surface area contributed by atoms with Gasteiger partial charge in [-0.2, -0.15) is 0 Å². The maximum absolute atomic E-state index is 13.6. The van der Waals surface area contributed by atoms with Gasteiger partial charge in [-0.25, -0.2) is 8.78 Å². The molecular weight excluding hydrogens is 284 g/mol. The molecule has 1 aromatic carbocycles. The van der Waals surface area contributed by atoms with Crippen LogP contribution in [0.1, 0.15) is 19.8 Å². The fourth-order valence-electron chi connectivity index (χ4n) is 2.30. The van der Waals surface area contributed by atoms with Crippen molar-refractivity contribution in [2.45, 2.75) is 30.2 Å². The molecular formula is C14H17F2NO2S. The van der Waals surface area contributed by atoms with E-state index in [-0.39, 0.29) is 16.6 Å². The molecule has 0 spiro atoms. The molecule has 0 aliphatic heterocycles. The van der Waals surface area contributed by atoms with Crippen LogP contribution in [-0.4, -0.2) is 28.9 Å². The summed E-state index contributed by atoms with van der Waals surface area (Å²) in [6.07, 6.45) is 1.73. The van der Waals surface area contributed by atoms with Crippen LogP contribution in [0.25, 0.3) is 0 Å². The number of hydrogen-bond donors (Lipinski definition) is 2. The molecule has 20 heavy (non-hydrogen) atoms. The highest BCUT2D eigenvalue weighted by molar-refractivity contribution is 7.99. The van der Waals surface area contributed by atoms with E-state index in [0.717, 1.165) is 30.7 Å². The van der Waals surface area contributed by atoms with Crippen LogP contribution in [-0.2, 0) is 4.79 Å². The summed E-state index contributed by atoms with van der Waals surface area (Å²) in [5.74, 6) is -1.89. The highest BCUT2D eigenvalue weighted by Gasteiger charge is 2.50. The van der Waals surface area contributed by atoms with E-state index in [1.54, 1.807) is 0 Å². The predicted octanol–water partition coefficient (Wildman–Crippen LogP) is 2.90. The van der Waals surface area contributed by atoms with E-state index in [9.17, 15) is 18.7 Å². The largest absolute Gasteiger partial charge is 0.480 e. The van der Waals surface area contributed by atoms with E-state index in [2.05, 4.69) is 5.32 Å². The summed E-state index contributed by atoms with van der Waals surface area (Å²) in [4.78, 5) is 11.9. The van der Waals surface area contributed by atoms with E-state index in [1.807, 2.05) is 6.92 Å². The van der Waals surface area contributed by atoms with Crippen molar-refractivity contribution in [3.8, 4) is 0 Å². The average Bonchev–Trinajstić information content (AvgIpc) is 3.20. The smallest absolute Gasteiger partial charge is 0.325 e. The zero-order chi connectivity index (χ0) is 14.8. The van der Waals surface area contributed by atoms with Crippen molar-refractivity contribution in [2.24, 2.45) is 5.92 Å². The van der Waals surface area contributed by atoms with Crippen molar-refractivity contribution in [3.05, 3.63) is 29.8 Å². The molecule has 2 N–H and O–H groups in total. The second kappa shape index (κ2) is 6.10. The fourth-order valence-corrected chi connectivity index (χ4v) is 3.51. The number of benzene rings is 1. The molecule has 1 saturated carbocycles. The number of halogens is 2. The third kappa shape index (κ3) is 3.12. The summed E-state index contributed by atoms with van der Waals surface area (Å²) >= 11 is 1.11. The number of carboxylic acid groups (broad SMARTS) is 1. The Morgan fingerprint density at radius 1 is 1.50 bits per heavy atom. The number of hydrogen-bond acceptors (Lipinski definition) is 3. The molecule has 2 rings (SSSR count). The van der Waals surface area contributed by atoms with Crippen LogP contribution in [0.4, 0.5) is 8.78 Å². The van der Waals surface area contributed by atoms with E-state index < -0.39 is 23.1 Å². The molecule has 1 fully saturated rings. The molecule has 3 nitrogen and oxygen atoms in total. The molecule has 0 aromatic heterocycles. The molecule has 1 aromatic rings. The first kappa shape index (κ1) is 15.3. The van der Waals surface area contributed by atoms with E-state index >= 15 is 0 Å². The molecule has 0 bridgehead atoms. The molecule has 1 aliphatic rings. The highest BCUT2D eigenvalue weighted by atomic mass is 32.2. The first-order chi connectivity index (χ1) is 9.49. The lowest BCUT2D eigenvalue weighted by Gasteiger charge is -2.30. The van der Waals surface area contributed by atoms with Gasteiger partial charge in [0.05, 0.1) is 0 Å². The maximum atomic E-state index is 13.6. The van der Waals surface area contributed by atoms with Crippen molar-refractivity contribution in [1.82, 2.24) is 5.32 Å². The number of carboxylic acids is 1. The summed E-state index contributed by atoms with van der Waals surface area (Å²) in [5, 5.41) is 12.6. The topological polar surface area (TPSA) is 49.3 Å². The molecule has 1 unspecified atom stereocenters. The lowest BCUT2D eigenvalue weighted by Crippen LogP contribution is -2.56. The molecule has 0 heterocycles. The monoisotopic (exact) mass is 301 g/mol. The molecule has 1 aliphatic carbocycles. The molecule has 0 saturated heterocycles. The zero-order valence-electron chi connectivity index (χ0n) is 11.2. The minimum absolute atomic E-state index is 0.0796. The van der Waals surface area contributed by atoms with Gasteiger partial charge >= 0.3 is 5.97 Å². The standard InChI is InChI=1S/C14H17F2NO2S/c1-2-17-14(13(18)19,9-3-4-9)8-20-12-6-5-10(15)7-11(12)16/h5-7,9,17H,2-4,8H2,1H3,(H,18,19). The Hall–Kier alpha value is -1.14. The Labute approximate surface area is 120 Å². The Balaban J connectivity index is 2.14. The number of likely N-dealkylation sites (N-methyl/N-ethyl adjacent to an activating group) is 1. The van der Waals surface area contributed by atoms with Gasteiger partial charge in [0.25, 0.3) is 0 Å². The number of carbonyl (C=O) groups is 1. The summed E-state index contributed by atoms with van der Waals surface area (Å²) in [6, 6.07) is 3.34. The quantitative estimate of drug-likeness (QED) is 0.760. The van der Waals surface area contributed by atoms with Crippen molar-refractivity contribution >= 4 is 17.7 Å². The lowest BCUT2D eigenvalue weighted by atomic mass is 9.96. The Morgan fingerprint density at radius 2 is 2.20 bits per heavy atom. The van der Waals surface area contributed by atoms with Gasteiger partial charge in [-0.1, -0.05) is 6.92 Å². The molecule has 1 atom stereocenters. The first-order valence-electron chi connectivity index (χ1n) is 6.56. The van der Waals surface area contributed by atoms with Crippen LogP contribution >= 0.6 is 11.8 Å². The highest BCUT2D eigenvalue weighted by Crippen LogP contribution is 2.42. The third-order valence-electron chi connectivity index (χ3n) is 3.50. The van der Waals surface area contributed by atoms with Gasteiger partial charge in [0, 0.05) is 16.7 Å². The maximum Gasteiger partial charge on any atom is 0.325 e.